The van der Waals surface area contributed by atoms with E-state index in [1.54, 1.807) is 9.80 Å². The third-order valence-corrected chi connectivity index (χ3v) is 4.84. The van der Waals surface area contributed by atoms with Crippen molar-refractivity contribution in [1.29, 1.82) is 0 Å². The molecule has 0 spiro atoms. The van der Waals surface area contributed by atoms with Crippen molar-refractivity contribution < 1.29 is 29.6 Å². The minimum atomic E-state index is -1.60. The number of rotatable bonds is 8. The highest BCUT2D eigenvalue weighted by Crippen LogP contribution is 2.17. The predicted molar refractivity (Wildman–Crippen MR) is 104 cm³/mol. The predicted octanol–water partition coefficient (Wildman–Crippen LogP) is -3.07. The molecule has 1 rings (SSSR count). The summed E-state index contributed by atoms with van der Waals surface area (Å²) in [5.74, 6) is -2.78. The molecule has 0 aromatic rings. The second kappa shape index (κ2) is 15.4. The Kier molecular flexibility index (Phi) is 15.7. The van der Waals surface area contributed by atoms with Gasteiger partial charge in [0.2, 0.25) is 0 Å². The molecule has 0 heterocycles. The summed E-state index contributed by atoms with van der Waals surface area (Å²) < 4.78 is 0. The number of quaternary nitrogens is 2. The van der Waals surface area contributed by atoms with Gasteiger partial charge in [0.25, 0.3) is 0 Å². The summed E-state index contributed by atoms with van der Waals surface area (Å²) in [6.45, 7) is 21.0. The second-order valence-electron chi connectivity index (χ2n) is 6.43. The molecule has 4 N–H and O–H groups in total. The average Bonchev–Trinajstić information content (AvgIpc) is 2.66. The van der Waals surface area contributed by atoms with Gasteiger partial charge in [-0.05, 0) is 53.5 Å². The smallest absolute Gasteiger partial charge is 0.0780 e. The number of carboxylic acid groups (broad SMARTS) is 2. The van der Waals surface area contributed by atoms with E-state index in [2.05, 4.69) is 41.5 Å². The monoisotopic (exact) mass is 385 g/mol. The number of hydrogen-bond donors (Lipinski definition) is 3. The topological polar surface area (TPSA) is 115 Å². The summed E-state index contributed by atoms with van der Waals surface area (Å²) in [5.41, 5.74) is 3.69. The fourth-order valence-electron chi connectivity index (χ4n) is 2.46. The first-order chi connectivity index (χ1) is 12.6. The van der Waals surface area contributed by atoms with E-state index >= 15 is 0 Å². The van der Waals surface area contributed by atoms with E-state index in [9.17, 15) is 19.8 Å². The molecule has 27 heavy (non-hydrogen) atoms. The lowest BCUT2D eigenvalue weighted by Gasteiger charge is -2.28. The zero-order chi connectivity index (χ0) is 21.5. The van der Waals surface area contributed by atoms with E-state index in [1.165, 1.54) is 45.3 Å². The normalized spacial score (nSPS) is 18.2. The second-order valence-corrected chi connectivity index (χ2v) is 6.43. The highest BCUT2D eigenvalue weighted by Gasteiger charge is 2.24. The molecular weight excluding hydrogens is 346 g/mol. The SMILES string of the molecule is CC[NH+](CC)CC.CC[NH+](CC)CC.NC1(C(=O)[O-])C=CC(C(=O)[O-])=CC1. The summed E-state index contributed by atoms with van der Waals surface area (Å²) in [4.78, 5) is 24.1. The van der Waals surface area contributed by atoms with Crippen LogP contribution in [0, 0.1) is 0 Å². The molecule has 0 saturated heterocycles. The first-order valence-corrected chi connectivity index (χ1v) is 9.93. The molecule has 1 aliphatic carbocycles. The number of carboxylic acids is 2. The fourth-order valence-corrected chi connectivity index (χ4v) is 2.46. The van der Waals surface area contributed by atoms with E-state index in [0.29, 0.717) is 0 Å². The molecule has 7 heteroatoms. The lowest BCUT2D eigenvalue weighted by molar-refractivity contribution is -0.894. The molecule has 158 valence electrons. The Bertz CT molecular complexity index is 461. The summed E-state index contributed by atoms with van der Waals surface area (Å²) in [7, 11) is 0. The van der Waals surface area contributed by atoms with Crippen molar-refractivity contribution in [3.05, 3.63) is 23.8 Å². The van der Waals surface area contributed by atoms with Crippen LogP contribution in [-0.4, -0.2) is 56.7 Å². The van der Waals surface area contributed by atoms with E-state index in [-0.39, 0.29) is 12.0 Å². The quantitative estimate of drug-likeness (QED) is 0.410. The molecule has 7 nitrogen and oxygen atoms in total. The van der Waals surface area contributed by atoms with Gasteiger partial charge in [-0.15, -0.1) is 0 Å². The number of carbonyl (C=O) groups excluding carboxylic acids is 2. The maximum atomic E-state index is 10.5. The van der Waals surface area contributed by atoms with Gasteiger partial charge in [0.15, 0.2) is 0 Å². The van der Waals surface area contributed by atoms with Crippen LogP contribution in [0.15, 0.2) is 23.8 Å². The van der Waals surface area contributed by atoms with Gasteiger partial charge in [-0.25, -0.2) is 0 Å². The van der Waals surface area contributed by atoms with Crippen molar-refractivity contribution in [3.63, 3.8) is 0 Å². The van der Waals surface area contributed by atoms with Gasteiger partial charge in [0.1, 0.15) is 0 Å². The average molecular weight is 386 g/mol. The largest absolute Gasteiger partial charge is 0.548 e. The van der Waals surface area contributed by atoms with Crippen LogP contribution in [0.25, 0.3) is 0 Å². The zero-order valence-electron chi connectivity index (χ0n) is 17.9. The summed E-state index contributed by atoms with van der Waals surface area (Å²) >= 11 is 0. The van der Waals surface area contributed by atoms with Gasteiger partial charge < -0.3 is 35.3 Å². The third-order valence-electron chi connectivity index (χ3n) is 4.84. The van der Waals surface area contributed by atoms with Gasteiger partial charge in [0, 0.05) is 0 Å². The van der Waals surface area contributed by atoms with Crippen LogP contribution in [0.3, 0.4) is 0 Å². The minimum absolute atomic E-state index is 0.0673. The maximum Gasteiger partial charge on any atom is 0.0780 e. The highest BCUT2D eigenvalue weighted by molar-refractivity contribution is 5.90. The molecule has 0 saturated carbocycles. The van der Waals surface area contributed by atoms with E-state index in [1.807, 2.05) is 0 Å². The Morgan fingerprint density at radius 2 is 1.30 bits per heavy atom. The fraction of sp³-hybridized carbons (Fsp3) is 0.700. The van der Waals surface area contributed by atoms with Gasteiger partial charge >= 0.3 is 0 Å². The summed E-state index contributed by atoms with van der Waals surface area (Å²) in [5, 5.41) is 20.8. The molecule has 1 unspecified atom stereocenters. The number of nitrogens with two attached hydrogens (primary N) is 1. The highest BCUT2D eigenvalue weighted by atomic mass is 16.4. The van der Waals surface area contributed by atoms with Gasteiger partial charge in [-0.2, -0.15) is 0 Å². The summed E-state index contributed by atoms with van der Waals surface area (Å²) in [6, 6.07) is 0. The molecule has 1 aliphatic rings. The number of hydrogen-bond acceptors (Lipinski definition) is 5. The number of aliphatic carboxylic acids is 2. The maximum absolute atomic E-state index is 10.5. The molecule has 0 radical (unpaired) electrons. The van der Waals surface area contributed by atoms with Crippen molar-refractivity contribution in [3.8, 4) is 0 Å². The van der Waals surface area contributed by atoms with Crippen LogP contribution in [0.4, 0.5) is 0 Å². The molecule has 1 atom stereocenters. The first kappa shape index (κ1) is 27.5. The zero-order valence-corrected chi connectivity index (χ0v) is 17.9. The Balaban J connectivity index is 0. The van der Waals surface area contributed by atoms with Gasteiger partial charge in [-0.1, -0.05) is 18.2 Å². The molecule has 0 aromatic heterocycles. The minimum Gasteiger partial charge on any atom is -0.548 e. The molecule has 0 amide bonds. The van der Waals surface area contributed by atoms with Gasteiger partial charge in [-0.3, -0.25) is 0 Å². The Labute approximate surface area is 164 Å². The molecule has 0 fully saturated rings. The Hall–Kier alpha value is -1.70. The van der Waals surface area contributed by atoms with Crippen LogP contribution in [0.1, 0.15) is 48.0 Å². The van der Waals surface area contributed by atoms with Gasteiger partial charge in [0.05, 0.1) is 56.7 Å². The molecule has 0 bridgehead atoms. The molecular formula is C20H39N3O4. The van der Waals surface area contributed by atoms with Crippen LogP contribution < -0.4 is 25.7 Å². The van der Waals surface area contributed by atoms with Crippen molar-refractivity contribution in [1.82, 2.24) is 0 Å². The van der Waals surface area contributed by atoms with E-state index in [4.69, 9.17) is 5.73 Å². The van der Waals surface area contributed by atoms with Crippen molar-refractivity contribution in [2.24, 2.45) is 5.73 Å². The van der Waals surface area contributed by atoms with Crippen molar-refractivity contribution in [2.45, 2.75) is 53.5 Å². The molecule has 0 aromatic carbocycles. The van der Waals surface area contributed by atoms with Crippen LogP contribution in [-0.2, 0) is 9.59 Å². The van der Waals surface area contributed by atoms with E-state index < -0.39 is 17.5 Å². The molecule has 0 aliphatic heterocycles. The van der Waals surface area contributed by atoms with Crippen molar-refractivity contribution >= 4 is 11.9 Å². The first-order valence-electron chi connectivity index (χ1n) is 9.93. The van der Waals surface area contributed by atoms with Crippen LogP contribution in [0.2, 0.25) is 0 Å². The van der Waals surface area contributed by atoms with E-state index in [0.717, 1.165) is 12.2 Å². The van der Waals surface area contributed by atoms with Crippen LogP contribution >= 0.6 is 0 Å². The number of nitrogens with one attached hydrogen (secondary N) is 2. The summed E-state index contributed by atoms with van der Waals surface area (Å²) in [6.07, 6.45) is 3.29. The lowest BCUT2D eigenvalue weighted by Crippen LogP contribution is -3.11. The standard InChI is InChI=1S/C8H9NO4.2C6H15N/c9-8(7(12)13)3-1-5(2-4-8)6(10)11;2*1-4-7(5-2)6-3/h1-3H,4,9H2,(H,10,11)(H,12,13);2*4-6H2,1-3H3. The van der Waals surface area contributed by atoms with Crippen molar-refractivity contribution in [2.75, 3.05) is 39.3 Å². The third kappa shape index (κ3) is 11.6. The Morgan fingerprint density at radius 3 is 1.44 bits per heavy atom. The number of carbonyl (C=O) groups is 2. The lowest BCUT2D eigenvalue weighted by atomic mass is 9.90. The van der Waals surface area contributed by atoms with Crippen LogP contribution in [0.5, 0.6) is 0 Å². The Morgan fingerprint density at radius 1 is 0.926 bits per heavy atom.